The predicted molar refractivity (Wildman–Crippen MR) is 141 cm³/mol. The van der Waals surface area contributed by atoms with Crippen molar-refractivity contribution >= 4 is 16.8 Å². The van der Waals surface area contributed by atoms with E-state index in [9.17, 15) is 9.59 Å². The Labute approximate surface area is 210 Å². The molecule has 7 heteroatoms. The van der Waals surface area contributed by atoms with Gasteiger partial charge in [0.15, 0.2) is 0 Å². The standard InChI is InChI=1S/C29H31N3O4/c1-6-15-31(28(33)21-16-22(35-4)18-23(17-21)36-5)20(3)27-30-25-13-9-8-12-24(25)29(34)32(27)26-14-10-7-11-19(26)2/h7-14,16-18,20H,6,15H2,1-5H3. The summed E-state index contributed by atoms with van der Waals surface area (Å²) in [5, 5.41) is 0.530. The number of carbonyl (C=O) groups is 1. The number of para-hydroxylation sites is 2. The number of aromatic nitrogens is 2. The lowest BCUT2D eigenvalue weighted by Crippen LogP contribution is -2.38. The van der Waals surface area contributed by atoms with E-state index in [4.69, 9.17) is 14.5 Å². The average Bonchev–Trinajstić information content (AvgIpc) is 2.91. The molecule has 7 nitrogen and oxygen atoms in total. The lowest BCUT2D eigenvalue weighted by atomic mass is 10.1. The van der Waals surface area contributed by atoms with Crippen molar-refractivity contribution in [3.05, 3.63) is 94.0 Å². The third kappa shape index (κ3) is 4.69. The molecule has 0 aliphatic rings. The first-order valence-corrected chi connectivity index (χ1v) is 12.0. The molecule has 36 heavy (non-hydrogen) atoms. The Hall–Kier alpha value is -4.13. The van der Waals surface area contributed by atoms with Crippen LogP contribution in [0.2, 0.25) is 0 Å². The number of hydrogen-bond donors (Lipinski definition) is 0. The van der Waals surface area contributed by atoms with Crippen LogP contribution in [0.5, 0.6) is 11.5 Å². The number of amides is 1. The number of hydrogen-bond acceptors (Lipinski definition) is 5. The third-order valence-corrected chi connectivity index (χ3v) is 6.32. The lowest BCUT2D eigenvalue weighted by molar-refractivity contribution is 0.0680. The zero-order valence-electron chi connectivity index (χ0n) is 21.3. The molecule has 4 rings (SSSR count). The molecule has 1 amide bonds. The predicted octanol–water partition coefficient (Wildman–Crippen LogP) is 5.32. The van der Waals surface area contributed by atoms with Crippen molar-refractivity contribution in [1.29, 1.82) is 0 Å². The van der Waals surface area contributed by atoms with Crippen molar-refractivity contribution in [3.63, 3.8) is 0 Å². The summed E-state index contributed by atoms with van der Waals surface area (Å²) in [6.07, 6.45) is 0.735. The zero-order chi connectivity index (χ0) is 25.8. The molecule has 0 N–H and O–H groups in total. The molecular weight excluding hydrogens is 454 g/mol. The van der Waals surface area contributed by atoms with E-state index in [0.717, 1.165) is 17.7 Å². The highest BCUT2D eigenvalue weighted by molar-refractivity contribution is 5.95. The molecule has 0 saturated heterocycles. The van der Waals surface area contributed by atoms with Gasteiger partial charge >= 0.3 is 0 Å². The molecule has 0 aliphatic carbocycles. The van der Waals surface area contributed by atoms with Crippen LogP contribution >= 0.6 is 0 Å². The summed E-state index contributed by atoms with van der Waals surface area (Å²) in [5.41, 5.74) is 2.56. The van der Waals surface area contributed by atoms with Crippen molar-refractivity contribution in [1.82, 2.24) is 14.5 Å². The molecule has 0 saturated carbocycles. The molecule has 1 atom stereocenters. The number of fused-ring (bicyclic) bond motifs is 1. The SMILES string of the molecule is CCCN(C(=O)c1cc(OC)cc(OC)c1)C(C)c1nc2ccccc2c(=O)n1-c1ccccc1C. The molecule has 1 unspecified atom stereocenters. The van der Waals surface area contributed by atoms with Crippen molar-refractivity contribution in [2.45, 2.75) is 33.2 Å². The van der Waals surface area contributed by atoms with Gasteiger partial charge in [0.2, 0.25) is 0 Å². The van der Waals surface area contributed by atoms with Crippen LogP contribution in [0.15, 0.2) is 71.5 Å². The Morgan fingerprint density at radius 1 is 1.00 bits per heavy atom. The van der Waals surface area contributed by atoms with E-state index in [0.29, 0.717) is 40.3 Å². The fourth-order valence-electron chi connectivity index (χ4n) is 4.43. The first-order chi connectivity index (χ1) is 17.4. The summed E-state index contributed by atoms with van der Waals surface area (Å²) >= 11 is 0. The molecular formula is C29H31N3O4. The fourth-order valence-corrected chi connectivity index (χ4v) is 4.43. The topological polar surface area (TPSA) is 73.7 Å². The Kier molecular flexibility index (Phi) is 7.38. The normalized spacial score (nSPS) is 11.8. The van der Waals surface area contributed by atoms with E-state index in [1.54, 1.807) is 48.0 Å². The Morgan fingerprint density at radius 3 is 2.28 bits per heavy atom. The maximum absolute atomic E-state index is 13.8. The highest BCUT2D eigenvalue weighted by atomic mass is 16.5. The van der Waals surface area contributed by atoms with E-state index in [1.165, 1.54) is 0 Å². The van der Waals surface area contributed by atoms with Crippen molar-refractivity contribution in [2.75, 3.05) is 20.8 Å². The number of benzene rings is 3. The van der Waals surface area contributed by atoms with Gasteiger partial charge in [0.25, 0.3) is 11.5 Å². The van der Waals surface area contributed by atoms with Gasteiger partial charge in [0.1, 0.15) is 17.3 Å². The zero-order valence-corrected chi connectivity index (χ0v) is 21.3. The highest BCUT2D eigenvalue weighted by Gasteiger charge is 2.28. The minimum Gasteiger partial charge on any atom is -0.497 e. The molecule has 3 aromatic carbocycles. The summed E-state index contributed by atoms with van der Waals surface area (Å²) < 4.78 is 12.4. The number of rotatable bonds is 8. The highest BCUT2D eigenvalue weighted by Crippen LogP contribution is 2.28. The second-order valence-corrected chi connectivity index (χ2v) is 8.69. The lowest BCUT2D eigenvalue weighted by Gasteiger charge is -2.31. The molecule has 0 aliphatic heterocycles. The minimum atomic E-state index is -0.494. The Balaban J connectivity index is 1.91. The van der Waals surface area contributed by atoms with E-state index >= 15 is 0 Å². The average molecular weight is 486 g/mol. The van der Waals surface area contributed by atoms with Gasteiger partial charge in [0, 0.05) is 18.2 Å². The molecule has 1 aromatic heterocycles. The number of aryl methyl sites for hydroxylation is 1. The number of nitrogens with zero attached hydrogens (tertiary/aromatic N) is 3. The van der Waals surface area contributed by atoms with Crippen molar-refractivity contribution in [3.8, 4) is 17.2 Å². The second-order valence-electron chi connectivity index (χ2n) is 8.69. The van der Waals surface area contributed by atoms with E-state index < -0.39 is 6.04 Å². The molecule has 1 heterocycles. The molecule has 186 valence electrons. The van der Waals surface area contributed by atoms with Gasteiger partial charge in [-0.05, 0) is 56.2 Å². The van der Waals surface area contributed by atoms with Gasteiger partial charge in [-0.15, -0.1) is 0 Å². The van der Waals surface area contributed by atoms with Gasteiger partial charge in [-0.1, -0.05) is 37.3 Å². The first-order valence-electron chi connectivity index (χ1n) is 12.0. The van der Waals surface area contributed by atoms with Crippen LogP contribution in [0.3, 0.4) is 0 Å². The summed E-state index contributed by atoms with van der Waals surface area (Å²) in [4.78, 5) is 34.3. The minimum absolute atomic E-state index is 0.163. The summed E-state index contributed by atoms with van der Waals surface area (Å²) in [7, 11) is 3.10. The molecule has 0 bridgehead atoms. The Bertz CT molecular complexity index is 1440. The van der Waals surface area contributed by atoms with E-state index in [-0.39, 0.29) is 11.5 Å². The number of carbonyl (C=O) groups excluding carboxylic acids is 1. The molecule has 4 aromatic rings. The molecule has 0 fully saturated rings. The van der Waals surface area contributed by atoms with E-state index in [1.807, 2.05) is 63.2 Å². The third-order valence-electron chi connectivity index (χ3n) is 6.32. The molecule has 0 spiro atoms. The van der Waals surface area contributed by atoms with Crippen LogP contribution in [-0.2, 0) is 0 Å². The fraction of sp³-hybridized carbons (Fsp3) is 0.276. The van der Waals surface area contributed by atoms with Crippen LogP contribution in [0.4, 0.5) is 0 Å². The van der Waals surface area contributed by atoms with Gasteiger partial charge in [-0.25, -0.2) is 4.98 Å². The van der Waals surface area contributed by atoms with Crippen LogP contribution in [0.25, 0.3) is 16.6 Å². The maximum Gasteiger partial charge on any atom is 0.266 e. The first kappa shape index (κ1) is 25.0. The number of methoxy groups -OCH3 is 2. The monoisotopic (exact) mass is 485 g/mol. The van der Waals surface area contributed by atoms with Crippen LogP contribution in [0.1, 0.15) is 48.1 Å². The maximum atomic E-state index is 13.8. The van der Waals surface area contributed by atoms with Crippen molar-refractivity contribution in [2.24, 2.45) is 0 Å². The van der Waals surface area contributed by atoms with Crippen LogP contribution in [-0.4, -0.2) is 41.1 Å². The Morgan fingerprint density at radius 2 is 1.64 bits per heavy atom. The van der Waals surface area contributed by atoms with Gasteiger partial charge < -0.3 is 14.4 Å². The van der Waals surface area contributed by atoms with Crippen molar-refractivity contribution < 1.29 is 14.3 Å². The van der Waals surface area contributed by atoms with Gasteiger partial charge in [-0.2, -0.15) is 0 Å². The van der Waals surface area contributed by atoms with Gasteiger partial charge in [-0.3, -0.25) is 14.2 Å². The smallest absolute Gasteiger partial charge is 0.266 e. The van der Waals surface area contributed by atoms with Crippen LogP contribution in [0, 0.1) is 6.92 Å². The summed E-state index contributed by atoms with van der Waals surface area (Å²) in [6.45, 7) is 6.37. The van der Waals surface area contributed by atoms with E-state index in [2.05, 4.69) is 0 Å². The quantitative estimate of drug-likeness (QED) is 0.338. The van der Waals surface area contributed by atoms with Gasteiger partial charge in [0.05, 0.1) is 36.9 Å². The van der Waals surface area contributed by atoms with Crippen LogP contribution < -0.4 is 15.0 Å². The molecule has 0 radical (unpaired) electrons. The largest absolute Gasteiger partial charge is 0.497 e. The summed E-state index contributed by atoms with van der Waals surface area (Å²) in [5.74, 6) is 1.37. The number of ether oxygens (including phenoxy) is 2. The summed E-state index contributed by atoms with van der Waals surface area (Å²) in [6, 6.07) is 19.6. The second kappa shape index (κ2) is 10.6.